The summed E-state index contributed by atoms with van der Waals surface area (Å²) >= 11 is 1.39. The first-order valence-corrected chi connectivity index (χ1v) is 7.10. The molecule has 7 heteroatoms. The zero-order chi connectivity index (χ0) is 12.8. The van der Waals surface area contributed by atoms with Crippen LogP contribution in [0.4, 0.5) is 5.00 Å². The van der Waals surface area contributed by atoms with Crippen molar-refractivity contribution in [3.63, 3.8) is 0 Å². The summed E-state index contributed by atoms with van der Waals surface area (Å²) < 4.78 is 9.37. The second-order valence-corrected chi connectivity index (χ2v) is 5.11. The van der Waals surface area contributed by atoms with Gasteiger partial charge in [0.2, 0.25) is 0 Å². The van der Waals surface area contributed by atoms with Gasteiger partial charge in [-0.15, -0.1) is 5.10 Å². The third-order valence-corrected chi connectivity index (χ3v) is 3.73. The van der Waals surface area contributed by atoms with E-state index in [1.165, 1.54) is 11.5 Å². The third kappa shape index (κ3) is 3.38. The van der Waals surface area contributed by atoms with Crippen LogP contribution in [-0.2, 0) is 11.3 Å². The van der Waals surface area contributed by atoms with Crippen molar-refractivity contribution in [2.45, 2.75) is 25.9 Å². The maximum absolute atomic E-state index is 9.33. The van der Waals surface area contributed by atoms with Gasteiger partial charge in [-0.25, -0.2) is 0 Å². The number of morpholine rings is 1. The largest absolute Gasteiger partial charge is 0.395 e. The molecule has 0 aliphatic carbocycles. The van der Waals surface area contributed by atoms with Crippen molar-refractivity contribution in [3.05, 3.63) is 5.69 Å². The molecule has 1 aliphatic rings. The summed E-state index contributed by atoms with van der Waals surface area (Å²) in [5.41, 5.74) is 0.966. The standard InChI is InChI=1S/C11H20N4O2S/c1-2-3-12-11-10(13-14-18-11)6-15-4-5-17-8-9(15)7-16/h9,12,16H,2-8H2,1H3. The van der Waals surface area contributed by atoms with Gasteiger partial charge in [-0.3, -0.25) is 4.90 Å². The molecule has 1 saturated heterocycles. The van der Waals surface area contributed by atoms with E-state index in [2.05, 4.69) is 26.7 Å². The molecule has 0 amide bonds. The fraction of sp³-hybridized carbons (Fsp3) is 0.818. The Morgan fingerprint density at radius 3 is 3.28 bits per heavy atom. The van der Waals surface area contributed by atoms with Gasteiger partial charge in [0.15, 0.2) is 0 Å². The van der Waals surface area contributed by atoms with Crippen molar-refractivity contribution in [2.24, 2.45) is 0 Å². The van der Waals surface area contributed by atoms with Crippen LogP contribution in [0.1, 0.15) is 19.0 Å². The summed E-state index contributed by atoms with van der Waals surface area (Å²) in [6.45, 7) is 6.04. The lowest BCUT2D eigenvalue weighted by Crippen LogP contribution is -2.46. The molecule has 1 atom stereocenters. The smallest absolute Gasteiger partial charge is 0.134 e. The Kier molecular flexibility index (Phi) is 5.30. The van der Waals surface area contributed by atoms with E-state index >= 15 is 0 Å². The zero-order valence-corrected chi connectivity index (χ0v) is 11.4. The minimum absolute atomic E-state index is 0.0690. The number of aliphatic hydroxyl groups is 1. The van der Waals surface area contributed by atoms with Gasteiger partial charge in [0.25, 0.3) is 0 Å². The van der Waals surface area contributed by atoms with Gasteiger partial charge in [0.05, 0.1) is 25.9 Å². The van der Waals surface area contributed by atoms with E-state index in [1.54, 1.807) is 0 Å². The zero-order valence-electron chi connectivity index (χ0n) is 10.6. The predicted molar refractivity (Wildman–Crippen MR) is 70.8 cm³/mol. The number of nitrogens with zero attached hydrogens (tertiary/aromatic N) is 3. The molecule has 18 heavy (non-hydrogen) atoms. The minimum atomic E-state index is 0.0690. The third-order valence-electron chi connectivity index (χ3n) is 3.00. The van der Waals surface area contributed by atoms with E-state index in [1.807, 2.05) is 0 Å². The first kappa shape index (κ1) is 13.7. The van der Waals surface area contributed by atoms with Crippen molar-refractivity contribution in [3.8, 4) is 0 Å². The van der Waals surface area contributed by atoms with Crippen LogP contribution in [0.25, 0.3) is 0 Å². The van der Waals surface area contributed by atoms with Crippen LogP contribution in [0.2, 0.25) is 0 Å². The summed E-state index contributed by atoms with van der Waals surface area (Å²) in [4.78, 5) is 2.21. The minimum Gasteiger partial charge on any atom is -0.395 e. The van der Waals surface area contributed by atoms with Crippen LogP contribution in [0.15, 0.2) is 0 Å². The number of hydrogen-bond acceptors (Lipinski definition) is 7. The highest BCUT2D eigenvalue weighted by Crippen LogP contribution is 2.21. The van der Waals surface area contributed by atoms with Crippen LogP contribution in [0.3, 0.4) is 0 Å². The molecule has 1 aromatic heterocycles. The van der Waals surface area contributed by atoms with Crippen molar-refractivity contribution < 1.29 is 9.84 Å². The molecule has 102 valence electrons. The van der Waals surface area contributed by atoms with Crippen LogP contribution >= 0.6 is 11.5 Å². The molecule has 6 nitrogen and oxygen atoms in total. The summed E-state index contributed by atoms with van der Waals surface area (Å²) in [7, 11) is 0. The molecular weight excluding hydrogens is 252 g/mol. The van der Waals surface area contributed by atoms with Gasteiger partial charge in [-0.2, -0.15) is 0 Å². The molecule has 0 bridgehead atoms. The predicted octanol–water partition coefficient (Wildman–Crippen LogP) is 0.553. The van der Waals surface area contributed by atoms with E-state index in [0.717, 1.165) is 36.8 Å². The Morgan fingerprint density at radius 2 is 2.50 bits per heavy atom. The van der Waals surface area contributed by atoms with E-state index in [4.69, 9.17) is 4.74 Å². The summed E-state index contributed by atoms with van der Waals surface area (Å²) in [5, 5.41) is 17.9. The molecule has 1 unspecified atom stereocenters. The molecule has 1 aliphatic heterocycles. The van der Waals surface area contributed by atoms with Crippen molar-refractivity contribution >= 4 is 16.5 Å². The highest BCUT2D eigenvalue weighted by molar-refractivity contribution is 7.10. The topological polar surface area (TPSA) is 70.5 Å². The van der Waals surface area contributed by atoms with Gasteiger partial charge in [0, 0.05) is 31.2 Å². The Balaban J connectivity index is 1.96. The highest BCUT2D eigenvalue weighted by atomic mass is 32.1. The van der Waals surface area contributed by atoms with Crippen LogP contribution in [-0.4, -0.2) is 58.5 Å². The number of rotatable bonds is 6. The normalized spacial score (nSPS) is 21.1. The average molecular weight is 272 g/mol. The molecular formula is C11H20N4O2S. The molecule has 0 spiro atoms. The number of anilines is 1. The lowest BCUT2D eigenvalue weighted by atomic mass is 10.2. The van der Waals surface area contributed by atoms with Crippen LogP contribution < -0.4 is 5.32 Å². The average Bonchev–Trinajstić information content (AvgIpc) is 2.84. The molecule has 0 aromatic carbocycles. The molecule has 2 rings (SSSR count). The molecule has 1 aromatic rings. The quantitative estimate of drug-likeness (QED) is 0.788. The molecule has 1 fully saturated rings. The van der Waals surface area contributed by atoms with Gasteiger partial charge in [0.1, 0.15) is 10.7 Å². The Hall–Kier alpha value is -0.760. The SMILES string of the molecule is CCCNc1snnc1CN1CCOCC1CO. The van der Waals surface area contributed by atoms with Crippen molar-refractivity contribution in [1.82, 2.24) is 14.5 Å². The number of nitrogens with one attached hydrogen (secondary N) is 1. The Labute approximate surface area is 111 Å². The first-order chi connectivity index (χ1) is 8.85. The lowest BCUT2D eigenvalue weighted by Gasteiger charge is -2.33. The van der Waals surface area contributed by atoms with Gasteiger partial charge in [-0.05, 0) is 6.42 Å². The fourth-order valence-electron chi connectivity index (χ4n) is 1.94. The number of aromatic nitrogens is 2. The van der Waals surface area contributed by atoms with E-state index in [9.17, 15) is 5.11 Å². The number of aliphatic hydroxyl groups excluding tert-OH is 1. The second-order valence-electron chi connectivity index (χ2n) is 4.36. The molecule has 0 saturated carbocycles. The summed E-state index contributed by atoms with van der Waals surface area (Å²) in [6.07, 6.45) is 1.08. The monoisotopic (exact) mass is 272 g/mol. The Bertz CT molecular complexity index is 361. The van der Waals surface area contributed by atoms with Gasteiger partial charge < -0.3 is 15.2 Å². The highest BCUT2D eigenvalue weighted by Gasteiger charge is 2.24. The molecule has 2 N–H and O–H groups in total. The van der Waals surface area contributed by atoms with Gasteiger partial charge >= 0.3 is 0 Å². The Morgan fingerprint density at radius 1 is 1.61 bits per heavy atom. The number of hydrogen-bond donors (Lipinski definition) is 2. The van der Waals surface area contributed by atoms with Crippen LogP contribution in [0, 0.1) is 0 Å². The van der Waals surface area contributed by atoms with E-state index in [-0.39, 0.29) is 12.6 Å². The maximum Gasteiger partial charge on any atom is 0.134 e. The van der Waals surface area contributed by atoms with Gasteiger partial charge in [-0.1, -0.05) is 11.4 Å². The molecule has 2 heterocycles. The molecule has 0 radical (unpaired) electrons. The lowest BCUT2D eigenvalue weighted by molar-refractivity contribution is -0.0316. The summed E-state index contributed by atoms with van der Waals surface area (Å²) in [5.74, 6) is 0. The second kappa shape index (κ2) is 6.98. The van der Waals surface area contributed by atoms with E-state index in [0.29, 0.717) is 13.2 Å². The van der Waals surface area contributed by atoms with Crippen molar-refractivity contribution in [2.75, 3.05) is 38.2 Å². The summed E-state index contributed by atoms with van der Waals surface area (Å²) in [6, 6.07) is 0.0690. The van der Waals surface area contributed by atoms with Crippen LogP contribution in [0.5, 0.6) is 0 Å². The maximum atomic E-state index is 9.33. The van der Waals surface area contributed by atoms with Crippen molar-refractivity contribution in [1.29, 1.82) is 0 Å². The first-order valence-electron chi connectivity index (χ1n) is 6.33. The fourth-order valence-corrected chi connectivity index (χ4v) is 2.54. The van der Waals surface area contributed by atoms with E-state index < -0.39 is 0 Å². The number of ether oxygens (including phenoxy) is 1.